The Balaban J connectivity index is 1.46. The normalized spacial score (nSPS) is 22.6. The zero-order valence-corrected chi connectivity index (χ0v) is 12.1. The molecule has 3 rings (SSSR count). The Bertz CT molecular complexity index is 419. The molecule has 20 heavy (non-hydrogen) atoms. The molecular formula is C14H23N3O3. The molecule has 2 fully saturated rings. The summed E-state index contributed by atoms with van der Waals surface area (Å²) in [6.07, 6.45) is 6.77. The van der Waals surface area contributed by atoms with Gasteiger partial charge >= 0.3 is 0 Å². The van der Waals surface area contributed by atoms with E-state index >= 15 is 0 Å². The molecule has 112 valence electrons. The number of aromatic nitrogens is 3. The standard InChI is InChI=1S/C14H23N3O3/c1-2-7-17-13(15-11-16-17)10-18-12-3-5-14(6-4-12)19-8-9-20-14/h11-12H,2-10H2,1H3. The van der Waals surface area contributed by atoms with Crippen molar-refractivity contribution >= 4 is 0 Å². The Morgan fingerprint density at radius 2 is 2.10 bits per heavy atom. The lowest BCUT2D eigenvalue weighted by Crippen LogP contribution is -2.37. The van der Waals surface area contributed by atoms with E-state index in [4.69, 9.17) is 14.2 Å². The first kappa shape index (κ1) is 14.0. The zero-order chi connectivity index (χ0) is 13.8. The molecule has 1 saturated carbocycles. The second-order valence-corrected chi connectivity index (χ2v) is 5.52. The van der Waals surface area contributed by atoms with Crippen molar-refractivity contribution in [3.63, 3.8) is 0 Å². The highest BCUT2D eigenvalue weighted by molar-refractivity contribution is 4.85. The van der Waals surface area contributed by atoms with E-state index in [1.807, 2.05) is 4.68 Å². The van der Waals surface area contributed by atoms with Gasteiger partial charge in [0.1, 0.15) is 12.9 Å². The van der Waals surface area contributed by atoms with Crippen LogP contribution in [0, 0.1) is 0 Å². The van der Waals surface area contributed by atoms with E-state index < -0.39 is 0 Å². The quantitative estimate of drug-likeness (QED) is 0.825. The SMILES string of the molecule is CCCn1ncnc1COC1CCC2(CC1)OCCO2. The minimum absolute atomic E-state index is 0.278. The summed E-state index contributed by atoms with van der Waals surface area (Å²) in [5.41, 5.74) is 0. The van der Waals surface area contributed by atoms with Crippen LogP contribution in [0.5, 0.6) is 0 Å². The lowest BCUT2D eigenvalue weighted by Gasteiger charge is -2.35. The Kier molecular flexibility index (Phi) is 4.33. The number of rotatable bonds is 5. The Morgan fingerprint density at radius 1 is 1.35 bits per heavy atom. The van der Waals surface area contributed by atoms with E-state index in [0.717, 1.165) is 57.7 Å². The van der Waals surface area contributed by atoms with E-state index in [-0.39, 0.29) is 11.9 Å². The maximum absolute atomic E-state index is 5.98. The first-order chi connectivity index (χ1) is 9.81. The second kappa shape index (κ2) is 6.20. The summed E-state index contributed by atoms with van der Waals surface area (Å²) in [5, 5.41) is 4.21. The second-order valence-electron chi connectivity index (χ2n) is 5.52. The molecule has 6 nitrogen and oxygen atoms in total. The van der Waals surface area contributed by atoms with Gasteiger partial charge in [-0.25, -0.2) is 9.67 Å². The molecule has 1 spiro atoms. The van der Waals surface area contributed by atoms with Gasteiger partial charge in [-0.1, -0.05) is 6.92 Å². The number of nitrogens with zero attached hydrogens (tertiary/aromatic N) is 3. The Morgan fingerprint density at radius 3 is 2.80 bits per heavy atom. The largest absolute Gasteiger partial charge is 0.370 e. The minimum atomic E-state index is -0.303. The van der Waals surface area contributed by atoms with Crippen LogP contribution < -0.4 is 0 Å². The fraction of sp³-hybridized carbons (Fsp3) is 0.857. The summed E-state index contributed by atoms with van der Waals surface area (Å²) in [5.74, 6) is 0.614. The van der Waals surface area contributed by atoms with Gasteiger partial charge < -0.3 is 14.2 Å². The highest BCUT2D eigenvalue weighted by Crippen LogP contribution is 2.36. The van der Waals surface area contributed by atoms with Crippen LogP contribution in [-0.4, -0.2) is 39.9 Å². The first-order valence-corrected chi connectivity index (χ1v) is 7.57. The topological polar surface area (TPSA) is 58.4 Å². The summed E-state index contributed by atoms with van der Waals surface area (Å²) in [7, 11) is 0. The molecule has 0 N–H and O–H groups in total. The summed E-state index contributed by atoms with van der Waals surface area (Å²) >= 11 is 0. The monoisotopic (exact) mass is 281 g/mol. The molecule has 0 bridgehead atoms. The highest BCUT2D eigenvalue weighted by Gasteiger charge is 2.40. The van der Waals surface area contributed by atoms with Crippen LogP contribution in [0.4, 0.5) is 0 Å². The van der Waals surface area contributed by atoms with Gasteiger partial charge in [-0.3, -0.25) is 0 Å². The van der Waals surface area contributed by atoms with Crippen LogP contribution in [0.2, 0.25) is 0 Å². The van der Waals surface area contributed by atoms with Crippen molar-refractivity contribution in [1.29, 1.82) is 0 Å². The third-order valence-corrected chi connectivity index (χ3v) is 4.09. The van der Waals surface area contributed by atoms with Crippen LogP contribution in [0.25, 0.3) is 0 Å². The molecule has 2 heterocycles. The molecular weight excluding hydrogens is 258 g/mol. The first-order valence-electron chi connectivity index (χ1n) is 7.57. The van der Waals surface area contributed by atoms with Crippen molar-refractivity contribution in [2.24, 2.45) is 0 Å². The van der Waals surface area contributed by atoms with Gasteiger partial charge in [-0.15, -0.1) is 0 Å². The van der Waals surface area contributed by atoms with Crippen LogP contribution >= 0.6 is 0 Å². The average Bonchev–Trinajstić information content (AvgIpc) is 3.09. The molecule has 1 aliphatic heterocycles. The van der Waals surface area contributed by atoms with Crippen LogP contribution in [-0.2, 0) is 27.4 Å². The van der Waals surface area contributed by atoms with Gasteiger partial charge in [0.05, 0.1) is 19.3 Å². The molecule has 1 aromatic heterocycles. The zero-order valence-electron chi connectivity index (χ0n) is 12.1. The molecule has 0 amide bonds. The molecule has 0 unspecified atom stereocenters. The Hall–Kier alpha value is -0.980. The maximum atomic E-state index is 5.98. The number of ether oxygens (including phenoxy) is 3. The molecule has 1 saturated heterocycles. The van der Waals surface area contributed by atoms with Crippen molar-refractivity contribution < 1.29 is 14.2 Å². The van der Waals surface area contributed by atoms with Crippen molar-refractivity contribution in [3.8, 4) is 0 Å². The fourth-order valence-electron chi connectivity index (χ4n) is 2.97. The van der Waals surface area contributed by atoms with E-state index in [1.165, 1.54) is 0 Å². The van der Waals surface area contributed by atoms with E-state index in [1.54, 1.807) is 6.33 Å². The molecule has 0 radical (unpaired) electrons. The highest BCUT2D eigenvalue weighted by atomic mass is 16.7. The minimum Gasteiger partial charge on any atom is -0.370 e. The predicted octanol–water partition coefficient (Wildman–Crippen LogP) is 1.89. The summed E-state index contributed by atoms with van der Waals surface area (Å²) in [4.78, 5) is 4.27. The smallest absolute Gasteiger partial charge is 0.168 e. The van der Waals surface area contributed by atoms with Gasteiger partial charge in [-0.05, 0) is 19.3 Å². The van der Waals surface area contributed by atoms with Gasteiger partial charge in [0.15, 0.2) is 11.6 Å². The third kappa shape index (κ3) is 3.02. The molecule has 1 aromatic rings. The molecule has 1 aliphatic carbocycles. The summed E-state index contributed by atoms with van der Waals surface area (Å²) in [6, 6.07) is 0. The van der Waals surface area contributed by atoms with Gasteiger partial charge in [0.2, 0.25) is 0 Å². The van der Waals surface area contributed by atoms with Crippen molar-refractivity contribution in [3.05, 3.63) is 12.2 Å². The van der Waals surface area contributed by atoms with E-state index in [2.05, 4.69) is 17.0 Å². The Labute approximate surface area is 119 Å². The molecule has 0 atom stereocenters. The maximum Gasteiger partial charge on any atom is 0.168 e. The van der Waals surface area contributed by atoms with Crippen LogP contribution in [0.3, 0.4) is 0 Å². The number of hydrogen-bond acceptors (Lipinski definition) is 5. The summed E-state index contributed by atoms with van der Waals surface area (Å²) < 4.78 is 19.4. The van der Waals surface area contributed by atoms with Gasteiger partial charge in [0, 0.05) is 19.4 Å². The predicted molar refractivity (Wildman–Crippen MR) is 72.0 cm³/mol. The van der Waals surface area contributed by atoms with Gasteiger partial charge in [0.25, 0.3) is 0 Å². The van der Waals surface area contributed by atoms with Crippen molar-refractivity contribution in [1.82, 2.24) is 14.8 Å². The molecule has 2 aliphatic rings. The van der Waals surface area contributed by atoms with Crippen molar-refractivity contribution in [2.75, 3.05) is 13.2 Å². The average molecular weight is 281 g/mol. The van der Waals surface area contributed by atoms with Crippen molar-refractivity contribution in [2.45, 2.75) is 64.1 Å². The third-order valence-electron chi connectivity index (χ3n) is 4.09. The lowest BCUT2D eigenvalue weighted by molar-refractivity contribution is -0.192. The van der Waals surface area contributed by atoms with E-state index in [0.29, 0.717) is 6.61 Å². The number of aryl methyl sites for hydroxylation is 1. The van der Waals surface area contributed by atoms with Crippen LogP contribution in [0.15, 0.2) is 6.33 Å². The molecule has 6 heteroatoms. The van der Waals surface area contributed by atoms with E-state index in [9.17, 15) is 0 Å². The van der Waals surface area contributed by atoms with Crippen LogP contribution in [0.1, 0.15) is 44.9 Å². The van der Waals surface area contributed by atoms with Gasteiger partial charge in [-0.2, -0.15) is 5.10 Å². The summed E-state index contributed by atoms with van der Waals surface area (Å²) in [6.45, 7) is 5.03. The molecule has 0 aromatic carbocycles. The number of hydrogen-bond donors (Lipinski definition) is 0. The fourth-order valence-corrected chi connectivity index (χ4v) is 2.97. The lowest BCUT2D eigenvalue weighted by atomic mass is 9.92.